The third-order valence-corrected chi connectivity index (χ3v) is 3.08. The number of aliphatic hydroxyl groups excluding tert-OH is 1. The van der Waals surface area contributed by atoms with E-state index in [9.17, 15) is 9.90 Å². The summed E-state index contributed by atoms with van der Waals surface area (Å²) < 4.78 is 10.0. The van der Waals surface area contributed by atoms with Crippen LogP contribution in [0.5, 0.6) is 11.5 Å². The number of methoxy groups -OCH3 is 2. The number of ether oxygens (including phenoxy) is 2. The van der Waals surface area contributed by atoms with Crippen LogP contribution in [-0.2, 0) is 0 Å². The molecule has 0 bridgehead atoms. The van der Waals surface area contributed by atoms with E-state index in [0.29, 0.717) is 11.3 Å². The third-order valence-electron chi connectivity index (χ3n) is 3.08. The molecular weight excluding hydrogens is 292 g/mol. The lowest BCUT2D eigenvalue weighted by molar-refractivity contribution is 0.101. The van der Waals surface area contributed by atoms with E-state index in [0.717, 1.165) is 11.3 Å². The predicted molar refractivity (Wildman–Crippen MR) is 93.4 cm³/mol. The summed E-state index contributed by atoms with van der Waals surface area (Å²) in [7, 11) is 3.16. The number of carbonyl (C=O) groups is 1. The summed E-state index contributed by atoms with van der Waals surface area (Å²) in [4.78, 5) is 10.9. The first-order valence-corrected chi connectivity index (χ1v) is 6.96. The molecule has 0 radical (unpaired) electrons. The maximum Gasteiger partial charge on any atom is 0.163 e. The summed E-state index contributed by atoms with van der Waals surface area (Å²) in [5.41, 5.74) is 1.46. The molecule has 0 aliphatic heterocycles. The molecule has 2 aromatic carbocycles. The average Bonchev–Trinajstić information content (AvgIpc) is 2.55. The van der Waals surface area contributed by atoms with Gasteiger partial charge in [0.05, 0.1) is 25.9 Å². The Hall–Kier alpha value is -2.33. The Balaban J connectivity index is 0.000000403. The van der Waals surface area contributed by atoms with Crippen LogP contribution in [0.1, 0.15) is 43.3 Å². The molecule has 4 heteroatoms. The number of ketones is 1. The van der Waals surface area contributed by atoms with Crippen molar-refractivity contribution in [1.82, 2.24) is 0 Å². The van der Waals surface area contributed by atoms with Crippen LogP contribution in [-0.4, -0.2) is 25.1 Å². The van der Waals surface area contributed by atoms with Gasteiger partial charge in [0.1, 0.15) is 11.5 Å². The number of hydrogen-bond acceptors (Lipinski definition) is 4. The zero-order valence-corrected chi connectivity index (χ0v) is 13.4. The van der Waals surface area contributed by atoms with Crippen molar-refractivity contribution in [3.8, 4) is 11.5 Å². The molecule has 1 unspecified atom stereocenters. The highest BCUT2D eigenvalue weighted by atomic mass is 16.5. The molecule has 4 nitrogen and oxygen atoms in total. The monoisotopic (exact) mass is 318 g/mol. The Kier molecular flexibility index (Phi) is 9.35. The van der Waals surface area contributed by atoms with Crippen molar-refractivity contribution in [2.75, 3.05) is 14.2 Å². The minimum atomic E-state index is -0.467. The van der Waals surface area contributed by atoms with Crippen LogP contribution in [0.4, 0.5) is 0 Å². The van der Waals surface area contributed by atoms with Crippen LogP contribution in [0.15, 0.2) is 48.5 Å². The lowest BCUT2D eigenvalue weighted by Gasteiger charge is -2.09. The molecule has 0 spiro atoms. The molecular formula is C19H26O4. The molecule has 23 heavy (non-hydrogen) atoms. The van der Waals surface area contributed by atoms with E-state index in [2.05, 4.69) is 0 Å². The molecule has 1 N–H and O–H groups in total. The highest BCUT2D eigenvalue weighted by Crippen LogP contribution is 2.23. The van der Waals surface area contributed by atoms with E-state index in [1.165, 1.54) is 6.92 Å². The first-order valence-electron chi connectivity index (χ1n) is 6.96. The van der Waals surface area contributed by atoms with Crippen LogP contribution >= 0.6 is 0 Å². The van der Waals surface area contributed by atoms with E-state index >= 15 is 0 Å². The Morgan fingerprint density at radius 1 is 0.957 bits per heavy atom. The summed E-state index contributed by atoms with van der Waals surface area (Å²) in [5.74, 6) is 1.41. The molecule has 0 amide bonds. The summed E-state index contributed by atoms with van der Waals surface area (Å²) in [6.45, 7) is 3.25. The van der Waals surface area contributed by atoms with Gasteiger partial charge in [0.2, 0.25) is 0 Å². The summed E-state index contributed by atoms with van der Waals surface area (Å²) in [5, 5.41) is 9.26. The van der Waals surface area contributed by atoms with Crippen LogP contribution in [0, 0.1) is 0 Å². The van der Waals surface area contributed by atoms with Crippen LogP contribution < -0.4 is 9.47 Å². The summed E-state index contributed by atoms with van der Waals surface area (Å²) >= 11 is 0. The quantitative estimate of drug-likeness (QED) is 0.855. The fraction of sp³-hybridized carbons (Fsp3) is 0.316. The van der Waals surface area contributed by atoms with Gasteiger partial charge in [0.15, 0.2) is 5.78 Å². The third kappa shape index (κ3) is 6.12. The number of hydrogen-bond donors (Lipinski definition) is 1. The van der Waals surface area contributed by atoms with E-state index in [4.69, 9.17) is 9.47 Å². The van der Waals surface area contributed by atoms with Gasteiger partial charge in [0, 0.05) is 5.56 Å². The van der Waals surface area contributed by atoms with Crippen molar-refractivity contribution >= 4 is 5.78 Å². The minimum absolute atomic E-state index is 0. The van der Waals surface area contributed by atoms with E-state index < -0.39 is 6.10 Å². The number of carbonyl (C=O) groups excluding carboxylic acids is 1. The Morgan fingerprint density at radius 3 is 1.83 bits per heavy atom. The SMILES string of the molecule is C.COc1ccccc1C(C)=O.COc1ccccc1C(C)O. The van der Waals surface area contributed by atoms with Gasteiger partial charge in [-0.05, 0) is 32.0 Å². The van der Waals surface area contributed by atoms with Gasteiger partial charge in [-0.3, -0.25) is 4.79 Å². The predicted octanol–water partition coefficient (Wildman–Crippen LogP) is 4.28. The maximum atomic E-state index is 10.9. The standard InChI is InChI=1S/C9H12O2.C9H10O2.CH4/c2*1-7(10)8-5-3-4-6-9(8)11-2;/h3-7,10H,1-2H3;3-6H,1-2H3;1H4. The zero-order chi connectivity index (χ0) is 16.5. The Bertz CT molecular complexity index is 606. The van der Waals surface area contributed by atoms with Gasteiger partial charge in [-0.25, -0.2) is 0 Å². The molecule has 1 atom stereocenters. The second-order valence-corrected chi connectivity index (χ2v) is 4.67. The Labute approximate surface area is 138 Å². The van der Waals surface area contributed by atoms with E-state index in [1.807, 2.05) is 36.4 Å². The van der Waals surface area contributed by atoms with Crippen molar-refractivity contribution in [3.05, 3.63) is 59.7 Å². The van der Waals surface area contributed by atoms with Crippen LogP contribution in [0.25, 0.3) is 0 Å². The van der Waals surface area contributed by atoms with Gasteiger partial charge >= 0.3 is 0 Å². The second kappa shape index (κ2) is 10.4. The molecule has 0 aromatic heterocycles. The van der Waals surface area contributed by atoms with Crippen LogP contribution in [0.3, 0.4) is 0 Å². The number of benzene rings is 2. The van der Waals surface area contributed by atoms with Crippen molar-refractivity contribution in [2.45, 2.75) is 27.4 Å². The number of Topliss-reactive ketones (excluding diaryl/α,β-unsaturated/α-hetero) is 1. The summed E-state index contributed by atoms with van der Waals surface area (Å²) in [6.07, 6.45) is -0.467. The average molecular weight is 318 g/mol. The maximum absolute atomic E-state index is 10.9. The second-order valence-electron chi connectivity index (χ2n) is 4.67. The van der Waals surface area contributed by atoms with E-state index in [1.54, 1.807) is 33.3 Å². The van der Waals surface area contributed by atoms with Crippen molar-refractivity contribution in [1.29, 1.82) is 0 Å². The van der Waals surface area contributed by atoms with Crippen molar-refractivity contribution in [2.24, 2.45) is 0 Å². The van der Waals surface area contributed by atoms with Gasteiger partial charge in [-0.2, -0.15) is 0 Å². The largest absolute Gasteiger partial charge is 0.496 e. The fourth-order valence-corrected chi connectivity index (χ4v) is 1.95. The molecule has 0 heterocycles. The molecule has 126 valence electrons. The highest BCUT2D eigenvalue weighted by Gasteiger charge is 2.05. The molecule has 0 saturated carbocycles. The normalized spacial score (nSPS) is 10.5. The smallest absolute Gasteiger partial charge is 0.163 e. The van der Waals surface area contributed by atoms with Crippen LogP contribution in [0.2, 0.25) is 0 Å². The lowest BCUT2D eigenvalue weighted by atomic mass is 10.1. The van der Waals surface area contributed by atoms with Gasteiger partial charge in [-0.15, -0.1) is 0 Å². The summed E-state index contributed by atoms with van der Waals surface area (Å²) in [6, 6.07) is 14.6. The molecule has 2 rings (SSSR count). The zero-order valence-electron chi connectivity index (χ0n) is 13.4. The molecule has 0 fully saturated rings. The van der Waals surface area contributed by atoms with Gasteiger partial charge in [-0.1, -0.05) is 37.8 Å². The first-order chi connectivity index (χ1) is 10.5. The van der Waals surface area contributed by atoms with Crippen molar-refractivity contribution < 1.29 is 19.4 Å². The lowest BCUT2D eigenvalue weighted by Crippen LogP contribution is -1.96. The highest BCUT2D eigenvalue weighted by molar-refractivity contribution is 5.96. The molecule has 2 aromatic rings. The minimum Gasteiger partial charge on any atom is -0.496 e. The molecule has 0 aliphatic carbocycles. The molecule has 0 saturated heterocycles. The van der Waals surface area contributed by atoms with Crippen molar-refractivity contribution in [3.63, 3.8) is 0 Å². The Morgan fingerprint density at radius 2 is 1.43 bits per heavy atom. The first kappa shape index (κ1) is 20.7. The topological polar surface area (TPSA) is 55.8 Å². The van der Waals surface area contributed by atoms with Gasteiger partial charge in [0.25, 0.3) is 0 Å². The number of rotatable bonds is 4. The van der Waals surface area contributed by atoms with Gasteiger partial charge < -0.3 is 14.6 Å². The number of para-hydroxylation sites is 2. The number of aliphatic hydroxyl groups is 1. The molecule has 0 aliphatic rings. The van der Waals surface area contributed by atoms with E-state index in [-0.39, 0.29) is 13.2 Å². The fourth-order valence-electron chi connectivity index (χ4n) is 1.95.